The molecule has 0 radical (unpaired) electrons. The zero-order chi connectivity index (χ0) is 20.2. The number of aromatic amines is 1. The molecule has 1 unspecified atom stereocenters. The van der Waals surface area contributed by atoms with Gasteiger partial charge in [0, 0.05) is 37.1 Å². The topological polar surface area (TPSA) is 101 Å². The van der Waals surface area contributed by atoms with E-state index in [1.165, 1.54) is 12.8 Å². The van der Waals surface area contributed by atoms with Crippen LogP contribution in [0, 0.1) is 5.41 Å². The Bertz CT molecular complexity index is 1030. The number of benzene rings is 1. The summed E-state index contributed by atoms with van der Waals surface area (Å²) in [5, 5.41) is 18.2. The van der Waals surface area contributed by atoms with Crippen molar-refractivity contribution in [1.29, 1.82) is 5.41 Å². The second-order valence-corrected chi connectivity index (χ2v) is 7.24. The molecule has 1 aliphatic rings. The summed E-state index contributed by atoms with van der Waals surface area (Å²) in [6, 6.07) is 13.0. The number of H-pyrrole nitrogens is 1. The van der Waals surface area contributed by atoms with E-state index in [0.29, 0.717) is 34.7 Å². The number of rotatable bonds is 6. The van der Waals surface area contributed by atoms with Crippen LogP contribution in [0.2, 0.25) is 0 Å². The highest BCUT2D eigenvalue weighted by Gasteiger charge is 2.21. The molecule has 1 fully saturated rings. The number of hydrogen-bond acceptors (Lipinski definition) is 6. The fraction of sp³-hybridized carbons (Fsp3) is 0.273. The maximum absolute atomic E-state index is 9.71. The molecule has 1 atom stereocenters. The molecule has 1 saturated heterocycles. The summed E-state index contributed by atoms with van der Waals surface area (Å²) in [6.07, 6.45) is 6.02. The molecule has 148 valence electrons. The Morgan fingerprint density at radius 2 is 2.17 bits per heavy atom. The zero-order valence-corrected chi connectivity index (χ0v) is 16.3. The Kier molecular flexibility index (Phi) is 5.37. The number of pyridine rings is 1. The standard InChI is InChI=1S/C22H24N6O/c1-15-5-4-12-28(15)21-9-3-8-20(27-21)26-19(22-24-10-11-25-22)14-18(23)16-6-2-7-17(29)13-16/h2-3,6-11,13,15,23,29H,4-5,12,14H2,1H3,(H,24,25). The molecule has 4 rings (SSSR count). The molecule has 2 aromatic heterocycles. The van der Waals surface area contributed by atoms with Crippen LogP contribution in [0.5, 0.6) is 5.75 Å². The molecule has 0 amide bonds. The summed E-state index contributed by atoms with van der Waals surface area (Å²) in [4.78, 5) is 19.2. The van der Waals surface area contributed by atoms with Crippen molar-refractivity contribution in [3.8, 4) is 5.75 Å². The van der Waals surface area contributed by atoms with Gasteiger partial charge in [0.1, 0.15) is 11.6 Å². The van der Waals surface area contributed by atoms with Gasteiger partial charge < -0.3 is 20.4 Å². The van der Waals surface area contributed by atoms with Gasteiger partial charge in [-0.05, 0) is 49.6 Å². The number of nitrogens with zero attached hydrogens (tertiary/aromatic N) is 4. The van der Waals surface area contributed by atoms with Crippen LogP contribution >= 0.6 is 0 Å². The van der Waals surface area contributed by atoms with Gasteiger partial charge in [-0.2, -0.15) is 0 Å². The van der Waals surface area contributed by atoms with Gasteiger partial charge in [0.25, 0.3) is 0 Å². The minimum Gasteiger partial charge on any atom is -0.508 e. The Morgan fingerprint density at radius 1 is 1.31 bits per heavy atom. The quantitative estimate of drug-likeness (QED) is 0.554. The number of nitrogens with one attached hydrogen (secondary N) is 2. The van der Waals surface area contributed by atoms with Crippen molar-refractivity contribution in [2.45, 2.75) is 32.2 Å². The van der Waals surface area contributed by atoms with Gasteiger partial charge >= 0.3 is 0 Å². The molecule has 0 saturated carbocycles. The fourth-order valence-electron chi connectivity index (χ4n) is 3.61. The Balaban J connectivity index is 1.64. The third-order valence-electron chi connectivity index (χ3n) is 5.13. The highest BCUT2D eigenvalue weighted by molar-refractivity contribution is 6.16. The molecule has 29 heavy (non-hydrogen) atoms. The predicted molar refractivity (Wildman–Crippen MR) is 115 cm³/mol. The Hall–Kier alpha value is -3.48. The average Bonchev–Trinajstić information content (AvgIpc) is 3.39. The van der Waals surface area contributed by atoms with Gasteiger partial charge in [-0.1, -0.05) is 18.2 Å². The van der Waals surface area contributed by atoms with E-state index in [1.807, 2.05) is 18.2 Å². The fourth-order valence-corrected chi connectivity index (χ4v) is 3.61. The van der Waals surface area contributed by atoms with Crippen LogP contribution in [-0.4, -0.2) is 44.1 Å². The molecule has 7 heteroatoms. The number of phenols is 1. The molecule has 0 bridgehead atoms. The lowest BCUT2D eigenvalue weighted by atomic mass is 10.0. The molecule has 0 aliphatic carbocycles. The number of hydrogen-bond donors (Lipinski definition) is 3. The van der Waals surface area contributed by atoms with E-state index < -0.39 is 0 Å². The molecule has 0 spiro atoms. The zero-order valence-electron chi connectivity index (χ0n) is 16.3. The Labute approximate surface area is 169 Å². The molecule has 3 N–H and O–H groups in total. The van der Waals surface area contributed by atoms with Crippen molar-refractivity contribution < 1.29 is 5.11 Å². The van der Waals surface area contributed by atoms with E-state index in [1.54, 1.807) is 36.7 Å². The van der Waals surface area contributed by atoms with Gasteiger partial charge in [-0.3, -0.25) is 0 Å². The highest BCUT2D eigenvalue weighted by Crippen LogP contribution is 2.25. The van der Waals surface area contributed by atoms with Crippen LogP contribution in [0.1, 0.15) is 37.6 Å². The van der Waals surface area contributed by atoms with Crippen LogP contribution < -0.4 is 4.90 Å². The summed E-state index contributed by atoms with van der Waals surface area (Å²) < 4.78 is 0. The maximum Gasteiger partial charge on any atom is 0.154 e. The summed E-state index contributed by atoms with van der Waals surface area (Å²) in [5.41, 5.74) is 1.62. The molecule has 3 aromatic rings. The lowest BCUT2D eigenvalue weighted by Gasteiger charge is -2.22. The van der Waals surface area contributed by atoms with Gasteiger partial charge in [0.15, 0.2) is 11.6 Å². The monoisotopic (exact) mass is 388 g/mol. The van der Waals surface area contributed by atoms with Crippen molar-refractivity contribution in [2.24, 2.45) is 4.99 Å². The van der Waals surface area contributed by atoms with E-state index >= 15 is 0 Å². The normalized spacial score (nSPS) is 16.9. The van der Waals surface area contributed by atoms with Crippen molar-refractivity contribution in [3.05, 3.63) is 66.2 Å². The molecule has 1 aliphatic heterocycles. The van der Waals surface area contributed by atoms with E-state index in [2.05, 4.69) is 21.8 Å². The Morgan fingerprint density at radius 3 is 2.90 bits per heavy atom. The first-order chi connectivity index (χ1) is 14.1. The summed E-state index contributed by atoms with van der Waals surface area (Å²) in [7, 11) is 0. The van der Waals surface area contributed by atoms with Crippen LogP contribution in [-0.2, 0) is 0 Å². The van der Waals surface area contributed by atoms with Gasteiger partial charge in [-0.25, -0.2) is 15.0 Å². The van der Waals surface area contributed by atoms with E-state index in [9.17, 15) is 5.11 Å². The van der Waals surface area contributed by atoms with Crippen molar-refractivity contribution in [3.63, 3.8) is 0 Å². The SMILES string of the molecule is CC1CCCN1c1cccc(N=C(CC(=N)c2cccc(O)c2)c2ncc[nH]2)n1. The number of aliphatic imine (C=N–C) groups is 1. The molecule has 7 nitrogen and oxygen atoms in total. The van der Waals surface area contributed by atoms with E-state index in [4.69, 9.17) is 15.4 Å². The number of aromatic hydroxyl groups is 1. The molecular formula is C22H24N6O. The van der Waals surface area contributed by atoms with Gasteiger partial charge in [0.05, 0.1) is 5.71 Å². The van der Waals surface area contributed by atoms with E-state index in [-0.39, 0.29) is 12.2 Å². The van der Waals surface area contributed by atoms with E-state index in [0.717, 1.165) is 12.4 Å². The predicted octanol–water partition coefficient (Wildman–Crippen LogP) is 4.08. The van der Waals surface area contributed by atoms with Crippen LogP contribution in [0.25, 0.3) is 0 Å². The third-order valence-corrected chi connectivity index (χ3v) is 5.13. The van der Waals surface area contributed by atoms with Crippen molar-refractivity contribution >= 4 is 23.1 Å². The smallest absolute Gasteiger partial charge is 0.154 e. The van der Waals surface area contributed by atoms with Crippen LogP contribution in [0.3, 0.4) is 0 Å². The summed E-state index contributed by atoms with van der Waals surface area (Å²) >= 11 is 0. The lowest BCUT2D eigenvalue weighted by molar-refractivity contribution is 0.475. The first kappa shape index (κ1) is 18.9. The third kappa shape index (κ3) is 4.34. The van der Waals surface area contributed by atoms with Crippen molar-refractivity contribution in [2.75, 3.05) is 11.4 Å². The highest BCUT2D eigenvalue weighted by atomic mass is 16.3. The largest absolute Gasteiger partial charge is 0.508 e. The minimum atomic E-state index is 0.137. The lowest BCUT2D eigenvalue weighted by Crippen LogP contribution is -2.26. The first-order valence-electron chi connectivity index (χ1n) is 9.78. The number of imidazole rings is 1. The molecular weight excluding hydrogens is 364 g/mol. The van der Waals surface area contributed by atoms with Gasteiger partial charge in [-0.15, -0.1) is 0 Å². The average molecular weight is 388 g/mol. The summed E-state index contributed by atoms with van der Waals surface area (Å²) in [6.45, 7) is 3.23. The number of aromatic nitrogens is 3. The van der Waals surface area contributed by atoms with Crippen LogP contribution in [0.4, 0.5) is 11.6 Å². The maximum atomic E-state index is 9.71. The minimum absolute atomic E-state index is 0.137. The number of phenolic OH excluding ortho intramolecular Hbond substituents is 1. The molecule has 1 aromatic carbocycles. The first-order valence-corrected chi connectivity index (χ1v) is 9.78. The second-order valence-electron chi connectivity index (χ2n) is 7.24. The summed E-state index contributed by atoms with van der Waals surface area (Å²) in [5.74, 6) is 2.27. The number of anilines is 1. The van der Waals surface area contributed by atoms with Crippen LogP contribution in [0.15, 0.2) is 59.9 Å². The second kappa shape index (κ2) is 8.26. The molecule has 3 heterocycles. The van der Waals surface area contributed by atoms with Crippen molar-refractivity contribution in [1.82, 2.24) is 15.0 Å². The van der Waals surface area contributed by atoms with Gasteiger partial charge in [0.2, 0.25) is 0 Å².